The van der Waals surface area contributed by atoms with E-state index in [1.165, 1.54) is 36.0 Å². The maximum Gasteiger partial charge on any atom is 0.305 e. The van der Waals surface area contributed by atoms with Crippen LogP contribution in [0, 0.1) is 11.7 Å². The van der Waals surface area contributed by atoms with E-state index in [1.807, 2.05) is 0 Å². The van der Waals surface area contributed by atoms with E-state index in [0.717, 1.165) is 16.2 Å². The number of amides is 3. The molecule has 2 aliphatic heterocycles. The number of carbonyl (C=O) groups excluding carboxylic acids is 3. The number of thioether (sulfide) groups is 1. The van der Waals surface area contributed by atoms with Crippen LogP contribution in [0.5, 0.6) is 5.75 Å². The SMILES string of the molecule is O=C(COc1ccc(C2c3sc(=O)[nH]c3SC3C(=O)N(c4ccc(F)cc4)C(=O)C32)cc1)Nc1ccc(Cl)cc1. The number of carbonyl (C=O) groups is 3. The Morgan fingerprint density at radius 3 is 2.38 bits per heavy atom. The van der Waals surface area contributed by atoms with E-state index < -0.39 is 34.7 Å². The molecule has 1 fully saturated rings. The molecule has 2 aliphatic rings. The number of imide groups is 1. The standard InChI is InChI=1S/C28H19ClFN3O5S2/c29-15-3-7-17(8-4-15)31-20(34)13-38-19-11-1-14(2-12-19)21-22-24(39-25-23(21)40-28(37)32-25)27(36)33(26(22)35)18-9-5-16(30)6-10-18/h1-12,21-22,24H,13H2,(H,31,34)(H,32,37). The smallest absolute Gasteiger partial charge is 0.305 e. The van der Waals surface area contributed by atoms with Gasteiger partial charge in [-0.25, -0.2) is 9.29 Å². The summed E-state index contributed by atoms with van der Waals surface area (Å²) in [5.74, 6) is -2.55. The molecule has 3 unspecified atom stereocenters. The molecule has 1 aromatic heterocycles. The normalized spacial score (nSPS) is 19.8. The Hall–Kier alpha value is -3.93. The minimum atomic E-state index is -0.765. The molecular formula is C28H19ClFN3O5S2. The predicted octanol–water partition coefficient (Wildman–Crippen LogP) is 5.04. The highest BCUT2D eigenvalue weighted by atomic mass is 35.5. The Kier molecular flexibility index (Phi) is 6.95. The lowest BCUT2D eigenvalue weighted by Gasteiger charge is -2.29. The first kappa shape index (κ1) is 26.3. The van der Waals surface area contributed by atoms with Gasteiger partial charge >= 0.3 is 4.87 Å². The van der Waals surface area contributed by atoms with Crippen molar-refractivity contribution in [1.29, 1.82) is 0 Å². The number of fused-ring (bicyclic) bond motifs is 2. The van der Waals surface area contributed by atoms with E-state index in [-0.39, 0.29) is 17.4 Å². The second-order valence-corrected chi connectivity index (χ2v) is 11.8. The lowest BCUT2D eigenvalue weighted by molar-refractivity contribution is -0.122. The Balaban J connectivity index is 1.24. The number of thiazole rings is 1. The van der Waals surface area contributed by atoms with Gasteiger partial charge in [0.15, 0.2) is 6.61 Å². The number of rotatable bonds is 6. The van der Waals surface area contributed by atoms with Gasteiger partial charge in [-0.15, -0.1) is 0 Å². The maximum absolute atomic E-state index is 13.7. The largest absolute Gasteiger partial charge is 0.484 e. The van der Waals surface area contributed by atoms with Crippen molar-refractivity contribution in [2.24, 2.45) is 5.92 Å². The molecule has 0 saturated carbocycles. The maximum atomic E-state index is 13.7. The fourth-order valence-electron chi connectivity index (χ4n) is 4.87. The van der Waals surface area contributed by atoms with Gasteiger partial charge in [0, 0.05) is 21.5 Å². The average molecular weight is 596 g/mol. The lowest BCUT2D eigenvalue weighted by Crippen LogP contribution is -2.32. The van der Waals surface area contributed by atoms with Crippen molar-refractivity contribution in [1.82, 2.24) is 4.98 Å². The zero-order valence-corrected chi connectivity index (χ0v) is 22.8. The molecule has 2 N–H and O–H groups in total. The molecule has 3 atom stereocenters. The highest BCUT2D eigenvalue weighted by molar-refractivity contribution is 8.00. The molecule has 202 valence electrons. The second-order valence-electron chi connectivity index (χ2n) is 9.15. The molecule has 0 radical (unpaired) electrons. The highest BCUT2D eigenvalue weighted by Crippen LogP contribution is 2.53. The summed E-state index contributed by atoms with van der Waals surface area (Å²) in [7, 11) is 0. The summed E-state index contributed by atoms with van der Waals surface area (Å²) in [5, 5.41) is 3.08. The fraction of sp³-hybridized carbons (Fsp3) is 0.143. The topological polar surface area (TPSA) is 109 Å². The van der Waals surface area contributed by atoms with E-state index in [2.05, 4.69) is 10.3 Å². The van der Waals surface area contributed by atoms with Crippen LogP contribution in [-0.4, -0.2) is 34.6 Å². The van der Waals surface area contributed by atoms with Gasteiger partial charge in [0.05, 0.1) is 16.6 Å². The number of aromatic amines is 1. The van der Waals surface area contributed by atoms with Crippen LogP contribution in [0.2, 0.25) is 5.02 Å². The van der Waals surface area contributed by atoms with E-state index in [1.54, 1.807) is 48.5 Å². The number of hydrogen-bond donors (Lipinski definition) is 2. The number of halogens is 2. The van der Waals surface area contributed by atoms with Crippen LogP contribution in [0.3, 0.4) is 0 Å². The number of aromatic nitrogens is 1. The van der Waals surface area contributed by atoms with Crippen LogP contribution in [0.25, 0.3) is 0 Å². The third-order valence-electron chi connectivity index (χ3n) is 6.65. The second kappa shape index (κ2) is 10.6. The van der Waals surface area contributed by atoms with Crippen molar-refractivity contribution < 1.29 is 23.5 Å². The monoisotopic (exact) mass is 595 g/mol. The van der Waals surface area contributed by atoms with Gasteiger partial charge in [-0.1, -0.05) is 46.8 Å². The number of nitrogens with zero attached hydrogens (tertiary/aromatic N) is 1. The highest BCUT2D eigenvalue weighted by Gasteiger charge is 2.56. The van der Waals surface area contributed by atoms with Gasteiger partial charge in [0.2, 0.25) is 11.8 Å². The zero-order valence-electron chi connectivity index (χ0n) is 20.4. The summed E-state index contributed by atoms with van der Waals surface area (Å²) in [6.45, 7) is -0.226. The first-order chi connectivity index (χ1) is 19.3. The summed E-state index contributed by atoms with van der Waals surface area (Å²) >= 11 is 8.04. The Morgan fingerprint density at radius 2 is 1.68 bits per heavy atom. The van der Waals surface area contributed by atoms with Crippen LogP contribution >= 0.6 is 34.7 Å². The van der Waals surface area contributed by atoms with Gasteiger partial charge < -0.3 is 15.0 Å². The van der Waals surface area contributed by atoms with E-state index >= 15 is 0 Å². The minimum absolute atomic E-state index is 0.226. The Morgan fingerprint density at radius 1 is 0.975 bits per heavy atom. The molecule has 3 heterocycles. The molecule has 12 heteroatoms. The molecule has 3 aromatic carbocycles. The summed E-state index contributed by atoms with van der Waals surface area (Å²) in [5.41, 5.74) is 1.60. The molecule has 40 heavy (non-hydrogen) atoms. The van der Waals surface area contributed by atoms with Crippen LogP contribution in [0.15, 0.2) is 82.6 Å². The molecular weight excluding hydrogens is 577 g/mol. The molecule has 0 bridgehead atoms. The molecule has 3 amide bonds. The fourth-order valence-corrected chi connectivity index (χ4v) is 7.51. The van der Waals surface area contributed by atoms with Crippen LogP contribution in [0.1, 0.15) is 16.4 Å². The summed E-state index contributed by atoms with van der Waals surface area (Å²) in [4.78, 5) is 55.9. The van der Waals surface area contributed by atoms with Gasteiger partial charge in [-0.05, 0) is 66.2 Å². The number of ether oxygens (including phenoxy) is 1. The number of anilines is 2. The van der Waals surface area contributed by atoms with Gasteiger partial charge in [0.1, 0.15) is 16.8 Å². The number of hydrogen-bond acceptors (Lipinski definition) is 7. The third-order valence-corrected chi connectivity index (χ3v) is 9.30. The lowest BCUT2D eigenvalue weighted by atomic mass is 9.83. The molecule has 4 aromatic rings. The molecule has 8 nitrogen and oxygen atoms in total. The molecule has 6 rings (SSSR count). The Labute approximate surface area is 240 Å². The Bertz CT molecular complexity index is 1670. The first-order valence-electron chi connectivity index (χ1n) is 12.1. The van der Waals surface area contributed by atoms with Crippen LogP contribution < -0.4 is 19.8 Å². The van der Waals surface area contributed by atoms with E-state index in [4.69, 9.17) is 16.3 Å². The van der Waals surface area contributed by atoms with Crippen LogP contribution in [-0.2, 0) is 14.4 Å². The molecule has 1 saturated heterocycles. The molecule has 0 aliphatic carbocycles. The van der Waals surface area contributed by atoms with Gasteiger partial charge in [0.25, 0.3) is 5.91 Å². The number of benzene rings is 3. The van der Waals surface area contributed by atoms with Crippen molar-refractivity contribution in [3.8, 4) is 5.75 Å². The molecule has 0 spiro atoms. The zero-order chi connectivity index (χ0) is 28.0. The predicted molar refractivity (Wildman–Crippen MR) is 151 cm³/mol. The summed E-state index contributed by atoms with van der Waals surface area (Å²) in [6, 6.07) is 18.8. The van der Waals surface area contributed by atoms with Crippen LogP contribution in [0.4, 0.5) is 15.8 Å². The number of nitrogens with one attached hydrogen (secondary N) is 2. The van der Waals surface area contributed by atoms with Crippen molar-refractivity contribution in [2.45, 2.75) is 16.2 Å². The van der Waals surface area contributed by atoms with Crippen molar-refractivity contribution in [3.05, 3.63) is 104 Å². The van der Waals surface area contributed by atoms with Crippen molar-refractivity contribution in [2.75, 3.05) is 16.8 Å². The van der Waals surface area contributed by atoms with Crippen molar-refractivity contribution in [3.63, 3.8) is 0 Å². The number of H-pyrrole nitrogens is 1. The average Bonchev–Trinajstić information content (AvgIpc) is 3.44. The third kappa shape index (κ3) is 4.91. The van der Waals surface area contributed by atoms with E-state index in [9.17, 15) is 23.6 Å². The minimum Gasteiger partial charge on any atom is -0.484 e. The van der Waals surface area contributed by atoms with E-state index in [0.29, 0.717) is 37.6 Å². The van der Waals surface area contributed by atoms with Gasteiger partial charge in [-0.3, -0.25) is 19.2 Å². The van der Waals surface area contributed by atoms with Gasteiger partial charge in [-0.2, -0.15) is 0 Å². The first-order valence-corrected chi connectivity index (χ1v) is 14.2. The summed E-state index contributed by atoms with van der Waals surface area (Å²) in [6.07, 6.45) is 0. The van der Waals surface area contributed by atoms with Crippen molar-refractivity contribution >= 4 is 63.8 Å². The quantitative estimate of drug-likeness (QED) is 0.302. The summed E-state index contributed by atoms with van der Waals surface area (Å²) < 4.78 is 19.1.